The van der Waals surface area contributed by atoms with Crippen LogP contribution in [0.4, 0.5) is 5.69 Å². The van der Waals surface area contributed by atoms with Crippen LogP contribution in [-0.4, -0.2) is 31.2 Å². The van der Waals surface area contributed by atoms with E-state index < -0.39 is 26.7 Å². The van der Waals surface area contributed by atoms with E-state index >= 15 is 0 Å². The molecule has 9 heteroatoms. The molecule has 0 aliphatic heterocycles. The van der Waals surface area contributed by atoms with E-state index in [0.717, 1.165) is 19.0 Å². The van der Waals surface area contributed by atoms with Crippen molar-refractivity contribution in [3.63, 3.8) is 0 Å². The van der Waals surface area contributed by atoms with E-state index in [-0.39, 0.29) is 11.4 Å². The molecule has 7 nitrogen and oxygen atoms in total. The van der Waals surface area contributed by atoms with Crippen molar-refractivity contribution in [2.24, 2.45) is 0 Å². The number of nitrogens with zero attached hydrogens (tertiary/aromatic N) is 2. The first-order chi connectivity index (χ1) is 14.8. The quantitative estimate of drug-likeness (QED) is 0.217. The smallest absolute Gasteiger partial charge is 0.289 e. The van der Waals surface area contributed by atoms with E-state index in [2.05, 4.69) is 22.6 Å². The molecule has 0 amide bonds. The van der Waals surface area contributed by atoms with E-state index in [0.29, 0.717) is 6.61 Å². The highest BCUT2D eigenvalue weighted by Gasteiger charge is 2.31. The van der Waals surface area contributed by atoms with Crippen LogP contribution in [0.1, 0.15) is 17.2 Å². The Bertz CT molecular complexity index is 1140. The second kappa shape index (κ2) is 10.3. The van der Waals surface area contributed by atoms with E-state index in [1.54, 1.807) is 0 Å². The van der Waals surface area contributed by atoms with Crippen LogP contribution in [0.15, 0.2) is 83.8 Å². The Hall–Kier alpha value is -2.34. The summed E-state index contributed by atoms with van der Waals surface area (Å²) in [5, 5.41) is 11.3. The number of nitro groups is 1. The van der Waals surface area contributed by atoms with Crippen molar-refractivity contribution in [3.05, 3.63) is 104 Å². The predicted molar refractivity (Wildman–Crippen MR) is 126 cm³/mol. The molecular formula is C22H21IN2O5S. The Morgan fingerprint density at radius 3 is 2.26 bits per heavy atom. The summed E-state index contributed by atoms with van der Waals surface area (Å²) in [5.41, 5.74) is 1.33. The van der Waals surface area contributed by atoms with Crippen molar-refractivity contribution in [2.45, 2.75) is 17.6 Å². The molecule has 0 N–H and O–H groups in total. The molecular weight excluding hydrogens is 531 g/mol. The number of halogens is 1. The number of para-hydroxylation sites is 1. The summed E-state index contributed by atoms with van der Waals surface area (Å²) in [6.07, 6.45) is -0.553. The van der Waals surface area contributed by atoms with Crippen molar-refractivity contribution in [2.75, 3.05) is 13.6 Å². The average molecular weight is 552 g/mol. The molecule has 0 bridgehead atoms. The van der Waals surface area contributed by atoms with Crippen LogP contribution in [0.25, 0.3) is 0 Å². The summed E-state index contributed by atoms with van der Waals surface area (Å²) in [6.45, 7) is 0.304. The molecule has 0 heterocycles. The summed E-state index contributed by atoms with van der Waals surface area (Å²) >= 11 is 2.22. The molecule has 31 heavy (non-hydrogen) atoms. The maximum atomic E-state index is 13.1. The molecule has 0 aliphatic carbocycles. The summed E-state index contributed by atoms with van der Waals surface area (Å²) in [5.74, 6) is 0. The summed E-state index contributed by atoms with van der Waals surface area (Å²) in [7, 11) is -2.70. The second-order valence-corrected chi connectivity index (χ2v) is 10.1. The maximum absolute atomic E-state index is 13.1. The Labute approximate surface area is 195 Å². The van der Waals surface area contributed by atoms with Gasteiger partial charge in [0.1, 0.15) is 0 Å². The first kappa shape index (κ1) is 23.3. The third-order valence-electron chi connectivity index (χ3n) is 4.71. The van der Waals surface area contributed by atoms with Gasteiger partial charge in [-0.05, 0) is 51.9 Å². The van der Waals surface area contributed by atoms with Crippen molar-refractivity contribution < 1.29 is 18.1 Å². The molecule has 3 aromatic rings. The Morgan fingerprint density at radius 2 is 1.61 bits per heavy atom. The Morgan fingerprint density at radius 1 is 1.00 bits per heavy atom. The van der Waals surface area contributed by atoms with Crippen LogP contribution in [0.5, 0.6) is 0 Å². The average Bonchev–Trinajstić information content (AvgIpc) is 2.78. The summed E-state index contributed by atoms with van der Waals surface area (Å²) < 4.78 is 34.5. The van der Waals surface area contributed by atoms with Gasteiger partial charge in [0.25, 0.3) is 5.69 Å². The number of rotatable bonds is 9. The molecule has 0 radical (unpaired) electrons. The highest BCUT2D eigenvalue weighted by Crippen LogP contribution is 2.28. The zero-order valence-electron chi connectivity index (χ0n) is 16.7. The van der Waals surface area contributed by atoms with Gasteiger partial charge >= 0.3 is 0 Å². The second-order valence-electron chi connectivity index (χ2n) is 6.85. The number of likely N-dealkylation sites (N-methyl/N-ethyl adjacent to an activating group) is 1. The number of benzene rings is 3. The molecule has 1 unspecified atom stereocenters. The number of nitro benzene ring substituents is 1. The van der Waals surface area contributed by atoms with E-state index in [9.17, 15) is 18.5 Å². The van der Waals surface area contributed by atoms with Gasteiger partial charge in [-0.25, -0.2) is 8.42 Å². The van der Waals surface area contributed by atoms with Crippen molar-refractivity contribution in [3.8, 4) is 0 Å². The van der Waals surface area contributed by atoms with E-state index in [1.165, 1.54) is 31.3 Å². The molecule has 0 aromatic heterocycles. The van der Waals surface area contributed by atoms with Gasteiger partial charge in [0.2, 0.25) is 10.0 Å². The third kappa shape index (κ3) is 5.88. The lowest BCUT2D eigenvalue weighted by Gasteiger charge is -2.24. The molecule has 3 aromatic carbocycles. The minimum atomic E-state index is -4.10. The first-order valence-electron chi connectivity index (χ1n) is 9.40. The standard InChI is InChI=1S/C22H21IN2O5S/c1-24(31(28,29)22-10-6-5-9-20(22)25(26)27)15-21(18-7-3-2-4-8-18)30-16-17-11-13-19(23)14-12-17/h2-14,21H,15-16H2,1H3. The highest BCUT2D eigenvalue weighted by atomic mass is 127. The van der Waals surface area contributed by atoms with Crippen LogP contribution in [0.2, 0.25) is 0 Å². The molecule has 0 spiro atoms. The normalized spacial score (nSPS) is 12.6. The lowest BCUT2D eigenvalue weighted by Crippen LogP contribution is -2.32. The van der Waals surface area contributed by atoms with Gasteiger partial charge in [0.15, 0.2) is 4.90 Å². The van der Waals surface area contributed by atoms with Crippen molar-refractivity contribution >= 4 is 38.3 Å². The van der Waals surface area contributed by atoms with Crippen molar-refractivity contribution in [1.29, 1.82) is 0 Å². The molecule has 0 aliphatic rings. The molecule has 0 saturated heterocycles. The number of hydrogen-bond acceptors (Lipinski definition) is 5. The van der Waals surface area contributed by atoms with E-state index in [1.807, 2.05) is 54.6 Å². The van der Waals surface area contributed by atoms with Gasteiger partial charge in [0.05, 0.1) is 17.6 Å². The van der Waals surface area contributed by atoms with Gasteiger partial charge in [-0.15, -0.1) is 0 Å². The van der Waals surface area contributed by atoms with Gasteiger partial charge in [-0.2, -0.15) is 4.31 Å². The zero-order valence-corrected chi connectivity index (χ0v) is 19.7. The molecule has 0 fully saturated rings. The molecule has 3 rings (SSSR count). The largest absolute Gasteiger partial charge is 0.367 e. The molecule has 0 saturated carbocycles. The van der Waals surface area contributed by atoms with E-state index in [4.69, 9.17) is 4.74 Å². The summed E-state index contributed by atoms with van der Waals surface area (Å²) in [4.78, 5) is 10.3. The highest BCUT2D eigenvalue weighted by molar-refractivity contribution is 14.1. The number of hydrogen-bond donors (Lipinski definition) is 0. The number of ether oxygens (including phenoxy) is 1. The fourth-order valence-electron chi connectivity index (χ4n) is 3.03. The van der Waals surface area contributed by atoms with Gasteiger partial charge in [0, 0.05) is 23.2 Å². The topological polar surface area (TPSA) is 89.8 Å². The fraction of sp³-hybridized carbons (Fsp3) is 0.182. The van der Waals surface area contributed by atoms with Crippen LogP contribution in [0, 0.1) is 13.7 Å². The SMILES string of the molecule is CN(CC(OCc1ccc(I)cc1)c1ccccc1)S(=O)(=O)c1ccccc1[N+](=O)[O-]. The first-order valence-corrected chi connectivity index (χ1v) is 11.9. The van der Waals surface area contributed by atoms with Crippen LogP contribution >= 0.6 is 22.6 Å². The van der Waals surface area contributed by atoms with Crippen LogP contribution in [-0.2, 0) is 21.4 Å². The maximum Gasteiger partial charge on any atom is 0.289 e. The van der Waals surface area contributed by atoms with Gasteiger partial charge in [-0.1, -0.05) is 54.6 Å². The monoisotopic (exact) mass is 552 g/mol. The molecule has 162 valence electrons. The summed E-state index contributed by atoms with van der Waals surface area (Å²) in [6, 6.07) is 22.5. The fourth-order valence-corrected chi connectivity index (χ4v) is 4.71. The minimum Gasteiger partial charge on any atom is -0.367 e. The van der Waals surface area contributed by atoms with Crippen molar-refractivity contribution in [1.82, 2.24) is 4.31 Å². The molecule has 1 atom stereocenters. The van der Waals surface area contributed by atoms with Gasteiger partial charge in [-0.3, -0.25) is 10.1 Å². The zero-order chi connectivity index (χ0) is 22.4. The predicted octanol–water partition coefficient (Wildman–Crippen LogP) is 4.78. The minimum absolute atomic E-state index is 0.00274. The third-order valence-corrected chi connectivity index (χ3v) is 7.30. The van der Waals surface area contributed by atoms with Crippen LogP contribution in [0.3, 0.4) is 0 Å². The Kier molecular flexibility index (Phi) is 7.76. The number of sulfonamides is 1. The van der Waals surface area contributed by atoms with Gasteiger partial charge < -0.3 is 4.74 Å². The lowest BCUT2D eigenvalue weighted by atomic mass is 10.1. The Balaban J connectivity index is 1.85. The lowest BCUT2D eigenvalue weighted by molar-refractivity contribution is -0.387. The van der Waals surface area contributed by atoms with Crippen LogP contribution < -0.4 is 0 Å².